The Balaban J connectivity index is 1.50. The van der Waals surface area contributed by atoms with Gasteiger partial charge in [-0.3, -0.25) is 4.79 Å². The Morgan fingerprint density at radius 3 is 2.61 bits per heavy atom. The Morgan fingerprint density at radius 2 is 1.89 bits per heavy atom. The van der Waals surface area contributed by atoms with Gasteiger partial charge in [-0.25, -0.2) is 8.78 Å². The molecule has 0 bridgehead atoms. The average Bonchev–Trinajstić information content (AvgIpc) is 3.11. The van der Waals surface area contributed by atoms with Crippen LogP contribution in [0.15, 0.2) is 42.5 Å². The molecule has 1 amide bonds. The Bertz CT molecular complexity index is 853. The van der Waals surface area contributed by atoms with E-state index in [1.165, 1.54) is 18.2 Å². The third-order valence-corrected chi connectivity index (χ3v) is 4.76. The lowest BCUT2D eigenvalue weighted by Crippen LogP contribution is -2.32. The predicted octanol–water partition coefficient (Wildman–Crippen LogP) is 4.17. The largest absolute Gasteiger partial charge is 0.416 e. The fourth-order valence-corrected chi connectivity index (χ4v) is 3.28. The molecule has 1 heterocycles. The van der Waals surface area contributed by atoms with Gasteiger partial charge in [0.25, 0.3) is 0 Å². The van der Waals surface area contributed by atoms with E-state index in [4.69, 9.17) is 0 Å². The number of benzene rings is 2. The van der Waals surface area contributed by atoms with Crippen LogP contribution < -0.4 is 10.2 Å². The molecule has 0 radical (unpaired) electrons. The molecule has 3 rings (SSSR count). The Morgan fingerprint density at radius 1 is 1.11 bits per heavy atom. The number of carbonyl (C=O) groups excluding carboxylic acids is 1. The number of nitrogens with one attached hydrogen (secondary N) is 1. The molecule has 2 aromatic rings. The van der Waals surface area contributed by atoms with Gasteiger partial charge in [0.15, 0.2) is 11.6 Å². The predicted molar refractivity (Wildman–Crippen MR) is 94.8 cm³/mol. The molecule has 1 aliphatic rings. The number of hydrogen-bond donors (Lipinski definition) is 1. The van der Waals surface area contributed by atoms with Gasteiger partial charge >= 0.3 is 6.18 Å². The van der Waals surface area contributed by atoms with Crippen LogP contribution in [0.3, 0.4) is 0 Å². The van der Waals surface area contributed by atoms with Crippen molar-refractivity contribution in [2.45, 2.75) is 19.0 Å². The van der Waals surface area contributed by atoms with Crippen LogP contribution >= 0.6 is 0 Å². The minimum atomic E-state index is -4.44. The zero-order valence-electron chi connectivity index (χ0n) is 14.9. The number of alkyl halides is 3. The lowest BCUT2D eigenvalue weighted by atomic mass is 10.1. The van der Waals surface area contributed by atoms with Crippen molar-refractivity contribution in [1.29, 1.82) is 0 Å². The second kappa shape index (κ2) is 8.16. The van der Waals surface area contributed by atoms with Crippen molar-refractivity contribution in [3.05, 3.63) is 65.2 Å². The maximum atomic E-state index is 13.4. The molecule has 28 heavy (non-hydrogen) atoms. The maximum absolute atomic E-state index is 13.4. The summed E-state index contributed by atoms with van der Waals surface area (Å²) >= 11 is 0. The van der Waals surface area contributed by atoms with Crippen LogP contribution in [0.2, 0.25) is 0 Å². The summed E-state index contributed by atoms with van der Waals surface area (Å²) in [5, 5.41) is 2.74. The molecule has 0 spiro atoms. The van der Waals surface area contributed by atoms with Gasteiger partial charge in [0.1, 0.15) is 0 Å². The summed E-state index contributed by atoms with van der Waals surface area (Å²) in [6, 6.07) is 8.43. The number of carbonyl (C=O) groups is 1. The monoisotopic (exact) mass is 398 g/mol. The first kappa shape index (κ1) is 20.1. The van der Waals surface area contributed by atoms with Gasteiger partial charge in [-0.2, -0.15) is 13.2 Å². The van der Waals surface area contributed by atoms with Gasteiger partial charge < -0.3 is 10.2 Å². The Kier molecular flexibility index (Phi) is 5.86. The van der Waals surface area contributed by atoms with Crippen molar-refractivity contribution < 1.29 is 26.7 Å². The molecule has 0 saturated carbocycles. The van der Waals surface area contributed by atoms with E-state index in [-0.39, 0.29) is 18.2 Å². The summed E-state index contributed by atoms with van der Waals surface area (Å²) in [5.74, 6) is -2.04. The quantitative estimate of drug-likeness (QED) is 0.767. The first-order valence-electron chi connectivity index (χ1n) is 8.85. The van der Waals surface area contributed by atoms with E-state index < -0.39 is 23.4 Å². The highest BCUT2D eigenvalue weighted by Crippen LogP contribution is 2.29. The summed E-state index contributed by atoms with van der Waals surface area (Å²) in [5.41, 5.74) is 0.0922. The van der Waals surface area contributed by atoms with Crippen LogP contribution in [-0.4, -0.2) is 25.5 Å². The SMILES string of the molecule is O=C(Cc1cccc(C(F)(F)F)c1)NCC1CCN(c2ccc(F)c(F)c2)C1. The van der Waals surface area contributed by atoms with Gasteiger partial charge in [-0.15, -0.1) is 0 Å². The van der Waals surface area contributed by atoms with E-state index in [2.05, 4.69) is 5.32 Å². The summed E-state index contributed by atoms with van der Waals surface area (Å²) in [6.07, 6.45) is -3.81. The molecular weight excluding hydrogens is 379 g/mol. The van der Waals surface area contributed by atoms with Crippen molar-refractivity contribution in [2.24, 2.45) is 5.92 Å². The normalized spacial score (nSPS) is 17.0. The zero-order valence-corrected chi connectivity index (χ0v) is 14.9. The standard InChI is InChI=1S/C20H19F5N2O/c21-17-5-4-16(10-18(17)22)27-7-6-14(12-27)11-26-19(28)9-13-2-1-3-15(8-13)20(23,24)25/h1-5,8,10,14H,6-7,9,11-12H2,(H,26,28). The van der Waals surface area contributed by atoms with Gasteiger partial charge in [-0.1, -0.05) is 18.2 Å². The molecule has 0 aliphatic carbocycles. The molecule has 3 nitrogen and oxygen atoms in total. The van der Waals surface area contributed by atoms with E-state index in [0.717, 1.165) is 30.7 Å². The van der Waals surface area contributed by atoms with Crippen molar-refractivity contribution in [1.82, 2.24) is 5.32 Å². The molecule has 1 fully saturated rings. The maximum Gasteiger partial charge on any atom is 0.416 e. The highest BCUT2D eigenvalue weighted by molar-refractivity contribution is 5.78. The Labute approximate surface area is 159 Å². The van der Waals surface area contributed by atoms with Crippen LogP contribution in [-0.2, 0) is 17.4 Å². The first-order chi connectivity index (χ1) is 13.2. The van der Waals surface area contributed by atoms with E-state index in [1.807, 2.05) is 4.90 Å². The lowest BCUT2D eigenvalue weighted by molar-refractivity contribution is -0.137. The molecule has 2 aromatic carbocycles. The first-order valence-corrected chi connectivity index (χ1v) is 8.85. The molecule has 1 unspecified atom stereocenters. The zero-order chi connectivity index (χ0) is 20.3. The molecule has 1 N–H and O–H groups in total. The van der Waals surface area contributed by atoms with E-state index in [9.17, 15) is 26.7 Å². The molecule has 1 aliphatic heterocycles. The summed E-state index contributed by atoms with van der Waals surface area (Å²) in [6.45, 7) is 1.60. The second-order valence-corrected chi connectivity index (χ2v) is 6.88. The van der Waals surface area contributed by atoms with Gasteiger partial charge in [0.05, 0.1) is 12.0 Å². The summed E-state index contributed by atoms with van der Waals surface area (Å²) in [4.78, 5) is 14.0. The molecular formula is C20H19F5N2O. The average molecular weight is 398 g/mol. The summed E-state index contributed by atoms with van der Waals surface area (Å²) < 4.78 is 64.6. The lowest BCUT2D eigenvalue weighted by Gasteiger charge is -2.19. The van der Waals surface area contributed by atoms with Gasteiger partial charge in [0.2, 0.25) is 5.91 Å². The number of anilines is 1. The molecule has 150 valence electrons. The van der Waals surface area contributed by atoms with Crippen molar-refractivity contribution in [3.63, 3.8) is 0 Å². The van der Waals surface area contributed by atoms with Crippen LogP contribution in [0.1, 0.15) is 17.5 Å². The molecule has 1 atom stereocenters. The molecule has 8 heteroatoms. The third kappa shape index (κ3) is 4.99. The Hall–Kier alpha value is -2.64. The number of nitrogens with zero attached hydrogens (tertiary/aromatic N) is 1. The second-order valence-electron chi connectivity index (χ2n) is 6.88. The fourth-order valence-electron chi connectivity index (χ4n) is 3.28. The van der Waals surface area contributed by atoms with Gasteiger partial charge in [0, 0.05) is 31.4 Å². The fraction of sp³-hybridized carbons (Fsp3) is 0.350. The number of halogens is 5. The van der Waals surface area contributed by atoms with Crippen molar-refractivity contribution in [3.8, 4) is 0 Å². The van der Waals surface area contributed by atoms with Crippen molar-refractivity contribution >= 4 is 11.6 Å². The van der Waals surface area contributed by atoms with E-state index >= 15 is 0 Å². The highest BCUT2D eigenvalue weighted by Gasteiger charge is 2.30. The van der Waals surface area contributed by atoms with Gasteiger partial charge in [-0.05, 0) is 36.1 Å². The minimum Gasteiger partial charge on any atom is -0.371 e. The third-order valence-electron chi connectivity index (χ3n) is 4.76. The van der Waals surface area contributed by atoms with Crippen LogP contribution in [0.25, 0.3) is 0 Å². The van der Waals surface area contributed by atoms with E-state index in [1.54, 1.807) is 0 Å². The van der Waals surface area contributed by atoms with Crippen LogP contribution in [0.4, 0.5) is 27.6 Å². The number of rotatable bonds is 5. The number of hydrogen-bond acceptors (Lipinski definition) is 2. The van der Waals surface area contributed by atoms with Crippen LogP contribution in [0.5, 0.6) is 0 Å². The molecule has 0 aromatic heterocycles. The van der Waals surface area contributed by atoms with Crippen molar-refractivity contribution in [2.75, 3.05) is 24.5 Å². The minimum absolute atomic E-state index is 0.124. The topological polar surface area (TPSA) is 32.3 Å². The number of amides is 1. The van der Waals surface area contributed by atoms with E-state index in [0.29, 0.717) is 30.9 Å². The highest BCUT2D eigenvalue weighted by atomic mass is 19.4. The summed E-state index contributed by atoms with van der Waals surface area (Å²) in [7, 11) is 0. The molecule has 1 saturated heterocycles. The smallest absolute Gasteiger partial charge is 0.371 e. The van der Waals surface area contributed by atoms with Crippen LogP contribution in [0, 0.1) is 17.6 Å².